The molecule has 1 unspecified atom stereocenters. The zero-order valence-electron chi connectivity index (χ0n) is 13.4. The normalized spacial score (nSPS) is 23.5. The van der Waals surface area contributed by atoms with Crippen LogP contribution in [0.25, 0.3) is 0 Å². The summed E-state index contributed by atoms with van der Waals surface area (Å²) in [7, 11) is 0. The molecule has 1 aliphatic heterocycles. The Hall–Kier alpha value is -1.59. The molecule has 1 aromatic heterocycles. The van der Waals surface area contributed by atoms with Crippen molar-refractivity contribution in [2.45, 2.75) is 70.3 Å². The second kappa shape index (κ2) is 7.11. The number of amides is 2. The van der Waals surface area contributed by atoms with Crippen LogP contribution >= 0.6 is 0 Å². The van der Waals surface area contributed by atoms with Crippen LogP contribution in [0.15, 0.2) is 4.52 Å². The smallest absolute Gasteiger partial charge is 0.317 e. The number of nitrogens with zero attached hydrogens (tertiary/aromatic N) is 3. The van der Waals surface area contributed by atoms with Gasteiger partial charge in [-0.15, -0.1) is 0 Å². The van der Waals surface area contributed by atoms with Gasteiger partial charge in [0.2, 0.25) is 5.89 Å². The average molecular weight is 306 g/mol. The SMILES string of the molecule is CCc1noc(C2CCCN(C(=O)NC3CCCCC3)C2)n1. The van der Waals surface area contributed by atoms with Crippen LogP contribution in [0, 0.1) is 0 Å². The first-order chi connectivity index (χ1) is 10.8. The van der Waals surface area contributed by atoms with Gasteiger partial charge >= 0.3 is 6.03 Å². The van der Waals surface area contributed by atoms with Gasteiger partial charge in [-0.3, -0.25) is 0 Å². The summed E-state index contributed by atoms with van der Waals surface area (Å²) in [5.41, 5.74) is 0. The molecule has 1 saturated heterocycles. The minimum Gasteiger partial charge on any atom is -0.339 e. The van der Waals surface area contributed by atoms with E-state index in [1.54, 1.807) is 0 Å². The fourth-order valence-corrected chi connectivity index (χ4v) is 3.45. The zero-order valence-corrected chi connectivity index (χ0v) is 13.4. The van der Waals surface area contributed by atoms with Crippen molar-refractivity contribution in [2.75, 3.05) is 13.1 Å². The molecule has 0 spiro atoms. The number of piperidine rings is 1. The second-order valence-corrected chi connectivity index (χ2v) is 6.47. The van der Waals surface area contributed by atoms with E-state index < -0.39 is 0 Å². The minimum absolute atomic E-state index is 0.0758. The molecule has 6 heteroatoms. The van der Waals surface area contributed by atoms with E-state index in [9.17, 15) is 4.79 Å². The van der Waals surface area contributed by atoms with Gasteiger partial charge in [0.1, 0.15) is 0 Å². The van der Waals surface area contributed by atoms with Gasteiger partial charge < -0.3 is 14.7 Å². The highest BCUT2D eigenvalue weighted by molar-refractivity contribution is 5.74. The molecule has 1 saturated carbocycles. The lowest BCUT2D eigenvalue weighted by molar-refractivity contribution is 0.166. The summed E-state index contributed by atoms with van der Waals surface area (Å²) >= 11 is 0. The third-order valence-corrected chi connectivity index (χ3v) is 4.79. The topological polar surface area (TPSA) is 71.3 Å². The first kappa shape index (κ1) is 15.3. The van der Waals surface area contributed by atoms with Crippen molar-refractivity contribution in [1.82, 2.24) is 20.4 Å². The van der Waals surface area contributed by atoms with Crippen LogP contribution in [-0.4, -0.2) is 40.2 Å². The number of likely N-dealkylation sites (tertiary alicyclic amines) is 1. The van der Waals surface area contributed by atoms with Crippen LogP contribution in [0.5, 0.6) is 0 Å². The van der Waals surface area contributed by atoms with Crippen LogP contribution in [0.1, 0.15) is 69.5 Å². The number of rotatable bonds is 3. The van der Waals surface area contributed by atoms with Gasteiger partial charge in [-0.05, 0) is 25.7 Å². The molecule has 0 bridgehead atoms. The highest BCUT2D eigenvalue weighted by atomic mass is 16.5. The maximum absolute atomic E-state index is 12.5. The molecule has 1 atom stereocenters. The first-order valence-electron chi connectivity index (χ1n) is 8.64. The van der Waals surface area contributed by atoms with Gasteiger partial charge in [0.05, 0.1) is 5.92 Å². The van der Waals surface area contributed by atoms with Crippen molar-refractivity contribution >= 4 is 6.03 Å². The Labute approximate surface area is 131 Å². The van der Waals surface area contributed by atoms with Gasteiger partial charge in [0.25, 0.3) is 0 Å². The molecule has 6 nitrogen and oxygen atoms in total. The predicted octanol–water partition coefficient (Wildman–Crippen LogP) is 2.85. The molecular weight excluding hydrogens is 280 g/mol. The Bertz CT molecular complexity index is 496. The van der Waals surface area contributed by atoms with Crippen molar-refractivity contribution in [1.29, 1.82) is 0 Å². The minimum atomic E-state index is 0.0758. The largest absolute Gasteiger partial charge is 0.339 e. The first-order valence-corrected chi connectivity index (χ1v) is 8.64. The molecule has 2 fully saturated rings. The standard InChI is InChI=1S/C16H26N4O2/c1-2-14-18-15(22-19-14)12-7-6-10-20(11-12)16(21)17-13-8-4-3-5-9-13/h12-13H,2-11H2,1H3,(H,17,21). The van der Waals surface area contributed by atoms with E-state index in [0.29, 0.717) is 18.5 Å². The highest BCUT2D eigenvalue weighted by Crippen LogP contribution is 2.26. The lowest BCUT2D eigenvalue weighted by Gasteiger charge is -2.33. The number of hydrogen-bond donors (Lipinski definition) is 1. The predicted molar refractivity (Wildman–Crippen MR) is 82.6 cm³/mol. The monoisotopic (exact) mass is 306 g/mol. The Balaban J connectivity index is 1.56. The summed E-state index contributed by atoms with van der Waals surface area (Å²) in [6.45, 7) is 3.52. The Morgan fingerprint density at radius 3 is 2.82 bits per heavy atom. The molecule has 1 aliphatic carbocycles. The summed E-state index contributed by atoms with van der Waals surface area (Å²) < 4.78 is 5.35. The number of aryl methyl sites for hydroxylation is 1. The lowest BCUT2D eigenvalue weighted by Crippen LogP contribution is -2.48. The van der Waals surface area contributed by atoms with E-state index >= 15 is 0 Å². The summed E-state index contributed by atoms with van der Waals surface area (Å²) in [6, 6.07) is 0.434. The second-order valence-electron chi connectivity index (χ2n) is 6.47. The van der Waals surface area contributed by atoms with Crippen LogP contribution in [-0.2, 0) is 6.42 Å². The Kier molecular flexibility index (Phi) is 4.95. The van der Waals surface area contributed by atoms with E-state index in [4.69, 9.17) is 4.52 Å². The maximum atomic E-state index is 12.5. The fourth-order valence-electron chi connectivity index (χ4n) is 3.45. The summed E-state index contributed by atoms with van der Waals surface area (Å²) in [5.74, 6) is 1.62. The summed E-state index contributed by atoms with van der Waals surface area (Å²) in [5, 5.41) is 7.17. The molecule has 0 aromatic carbocycles. The summed E-state index contributed by atoms with van der Waals surface area (Å²) in [4.78, 5) is 18.8. The summed E-state index contributed by atoms with van der Waals surface area (Å²) in [6.07, 6.45) is 8.78. The molecule has 3 rings (SSSR count). The van der Waals surface area contributed by atoms with E-state index in [0.717, 1.165) is 44.5 Å². The zero-order chi connectivity index (χ0) is 15.4. The van der Waals surface area contributed by atoms with Gasteiger partial charge in [-0.25, -0.2) is 4.79 Å². The number of carbonyl (C=O) groups excluding carboxylic acids is 1. The van der Waals surface area contributed by atoms with E-state index in [2.05, 4.69) is 15.5 Å². The van der Waals surface area contributed by atoms with Crippen LogP contribution in [0.2, 0.25) is 0 Å². The third kappa shape index (κ3) is 3.59. The van der Waals surface area contributed by atoms with Gasteiger partial charge in [0.15, 0.2) is 5.82 Å². The van der Waals surface area contributed by atoms with Crippen molar-refractivity contribution in [3.63, 3.8) is 0 Å². The van der Waals surface area contributed by atoms with Crippen molar-refractivity contribution in [2.24, 2.45) is 0 Å². The average Bonchev–Trinajstić information content (AvgIpc) is 3.05. The molecular formula is C16H26N4O2. The van der Waals surface area contributed by atoms with Crippen molar-refractivity contribution < 1.29 is 9.32 Å². The molecule has 2 aliphatic rings. The highest BCUT2D eigenvalue weighted by Gasteiger charge is 2.29. The van der Waals surface area contributed by atoms with Gasteiger partial charge in [0, 0.05) is 25.6 Å². The molecule has 2 amide bonds. The third-order valence-electron chi connectivity index (χ3n) is 4.79. The number of hydrogen-bond acceptors (Lipinski definition) is 4. The molecule has 122 valence electrons. The Morgan fingerprint density at radius 1 is 1.27 bits per heavy atom. The van der Waals surface area contributed by atoms with Gasteiger partial charge in [-0.1, -0.05) is 31.3 Å². The number of aromatic nitrogens is 2. The van der Waals surface area contributed by atoms with Crippen molar-refractivity contribution in [3.05, 3.63) is 11.7 Å². The lowest BCUT2D eigenvalue weighted by atomic mass is 9.95. The maximum Gasteiger partial charge on any atom is 0.317 e. The van der Waals surface area contributed by atoms with Crippen LogP contribution < -0.4 is 5.32 Å². The number of urea groups is 1. The molecule has 2 heterocycles. The number of nitrogens with one attached hydrogen (secondary N) is 1. The fraction of sp³-hybridized carbons (Fsp3) is 0.812. The molecule has 0 radical (unpaired) electrons. The van der Waals surface area contributed by atoms with Gasteiger partial charge in [-0.2, -0.15) is 4.98 Å². The van der Waals surface area contributed by atoms with Crippen LogP contribution in [0.4, 0.5) is 4.79 Å². The molecule has 22 heavy (non-hydrogen) atoms. The Morgan fingerprint density at radius 2 is 2.09 bits per heavy atom. The number of carbonyl (C=O) groups is 1. The van der Waals surface area contributed by atoms with Crippen molar-refractivity contribution in [3.8, 4) is 0 Å². The quantitative estimate of drug-likeness (QED) is 0.932. The van der Waals surface area contributed by atoms with Crippen LogP contribution in [0.3, 0.4) is 0 Å². The van der Waals surface area contributed by atoms with E-state index in [1.807, 2.05) is 11.8 Å². The van der Waals surface area contributed by atoms with E-state index in [1.165, 1.54) is 19.3 Å². The van der Waals surface area contributed by atoms with E-state index in [-0.39, 0.29) is 11.9 Å². The molecule has 1 N–H and O–H groups in total. The molecule has 1 aromatic rings.